The van der Waals surface area contributed by atoms with E-state index in [0.717, 1.165) is 58.5 Å². The average molecular weight is 450 g/mol. The SMILES string of the molecule is COc1nn(C)c2nc(C)c(CCC(=O)NCc3cccc(N4CCCCC4=O)c3)c(C)c12. The number of nitrogens with zero attached hydrogens (tertiary/aromatic N) is 4. The Balaban J connectivity index is 1.40. The second-order valence-corrected chi connectivity index (χ2v) is 8.58. The van der Waals surface area contributed by atoms with Gasteiger partial charge < -0.3 is 15.0 Å². The van der Waals surface area contributed by atoms with Gasteiger partial charge in [0.05, 0.1) is 12.5 Å². The van der Waals surface area contributed by atoms with Crippen LogP contribution in [0.1, 0.15) is 48.1 Å². The molecule has 8 heteroatoms. The molecule has 3 heterocycles. The number of hydrogen-bond acceptors (Lipinski definition) is 5. The van der Waals surface area contributed by atoms with Gasteiger partial charge in [-0.1, -0.05) is 12.1 Å². The average Bonchev–Trinajstić information content (AvgIpc) is 3.13. The molecule has 4 rings (SSSR count). The van der Waals surface area contributed by atoms with Crippen LogP contribution in [-0.4, -0.2) is 40.2 Å². The molecule has 0 atom stereocenters. The fourth-order valence-electron chi connectivity index (χ4n) is 4.55. The molecule has 0 spiro atoms. The van der Waals surface area contributed by atoms with Gasteiger partial charge in [-0.25, -0.2) is 9.67 Å². The van der Waals surface area contributed by atoms with Crippen molar-refractivity contribution in [1.82, 2.24) is 20.1 Å². The molecule has 2 aromatic heterocycles. The number of carbonyl (C=O) groups excluding carboxylic acids is 2. The van der Waals surface area contributed by atoms with Crippen molar-refractivity contribution in [2.24, 2.45) is 7.05 Å². The highest BCUT2D eigenvalue weighted by molar-refractivity contribution is 5.94. The zero-order valence-electron chi connectivity index (χ0n) is 19.8. The van der Waals surface area contributed by atoms with E-state index >= 15 is 0 Å². The number of nitrogens with one attached hydrogen (secondary N) is 1. The van der Waals surface area contributed by atoms with E-state index < -0.39 is 0 Å². The zero-order valence-corrected chi connectivity index (χ0v) is 19.8. The van der Waals surface area contributed by atoms with Gasteiger partial charge >= 0.3 is 0 Å². The summed E-state index contributed by atoms with van der Waals surface area (Å²) in [5.41, 5.74) is 5.67. The lowest BCUT2D eigenvalue weighted by atomic mass is 10.00. The van der Waals surface area contributed by atoms with Crippen molar-refractivity contribution in [3.8, 4) is 5.88 Å². The summed E-state index contributed by atoms with van der Waals surface area (Å²) in [6.45, 7) is 5.18. The Morgan fingerprint density at radius 2 is 2.06 bits per heavy atom. The molecule has 3 aromatic rings. The Kier molecular flexibility index (Phi) is 6.62. The molecule has 1 fully saturated rings. The molecule has 0 unspecified atom stereocenters. The number of rotatable bonds is 7. The fourth-order valence-corrected chi connectivity index (χ4v) is 4.55. The molecule has 0 radical (unpaired) electrons. The number of ether oxygens (including phenoxy) is 1. The summed E-state index contributed by atoms with van der Waals surface area (Å²) in [6.07, 6.45) is 3.54. The van der Waals surface area contributed by atoms with Crippen LogP contribution in [0.3, 0.4) is 0 Å². The zero-order chi connectivity index (χ0) is 23.5. The fraction of sp³-hybridized carbons (Fsp3) is 0.440. The number of methoxy groups -OCH3 is 1. The smallest absolute Gasteiger partial charge is 0.242 e. The minimum absolute atomic E-state index is 0.0218. The molecule has 1 aromatic carbocycles. The number of fused-ring (bicyclic) bond motifs is 1. The lowest BCUT2D eigenvalue weighted by Gasteiger charge is -2.27. The number of piperidine rings is 1. The van der Waals surface area contributed by atoms with E-state index in [9.17, 15) is 9.59 Å². The van der Waals surface area contributed by atoms with Crippen LogP contribution < -0.4 is 15.0 Å². The standard InChI is InChI=1S/C25H31N5O3/c1-16-20(17(2)27-24-23(16)25(33-4)28-29(24)3)11-12-21(31)26-15-18-8-7-9-19(14-18)30-13-6-5-10-22(30)32/h7-9,14H,5-6,10-13,15H2,1-4H3,(H,26,31). The topological polar surface area (TPSA) is 89.3 Å². The van der Waals surface area contributed by atoms with Crippen LogP contribution in [0.15, 0.2) is 24.3 Å². The first-order valence-electron chi connectivity index (χ1n) is 11.4. The maximum Gasteiger partial charge on any atom is 0.242 e. The lowest BCUT2D eigenvalue weighted by molar-refractivity contribution is -0.121. The molecule has 1 aliphatic heterocycles. The van der Waals surface area contributed by atoms with Gasteiger partial charge in [0.15, 0.2) is 5.65 Å². The number of aryl methyl sites for hydroxylation is 3. The minimum Gasteiger partial charge on any atom is -0.479 e. The van der Waals surface area contributed by atoms with E-state index in [4.69, 9.17) is 9.72 Å². The van der Waals surface area contributed by atoms with E-state index in [0.29, 0.717) is 31.7 Å². The molecule has 8 nitrogen and oxygen atoms in total. The molecule has 33 heavy (non-hydrogen) atoms. The Bertz CT molecular complexity index is 1200. The maximum atomic E-state index is 12.6. The van der Waals surface area contributed by atoms with Gasteiger partial charge in [-0.3, -0.25) is 9.59 Å². The van der Waals surface area contributed by atoms with Crippen LogP contribution in [0.4, 0.5) is 5.69 Å². The number of pyridine rings is 1. The van der Waals surface area contributed by atoms with Crippen LogP contribution in [0.25, 0.3) is 11.0 Å². The molecule has 0 saturated carbocycles. The quantitative estimate of drug-likeness (QED) is 0.597. The third kappa shape index (κ3) is 4.69. The molecule has 1 saturated heterocycles. The number of carbonyl (C=O) groups is 2. The predicted octanol–water partition coefficient (Wildman–Crippen LogP) is 3.36. The van der Waals surface area contributed by atoms with Crippen molar-refractivity contribution in [2.45, 2.75) is 52.5 Å². The lowest BCUT2D eigenvalue weighted by Crippen LogP contribution is -2.35. The molecular weight excluding hydrogens is 418 g/mol. The number of hydrogen-bond donors (Lipinski definition) is 1. The summed E-state index contributed by atoms with van der Waals surface area (Å²) in [5, 5.41) is 8.29. The molecule has 1 N–H and O–H groups in total. The predicted molar refractivity (Wildman–Crippen MR) is 127 cm³/mol. The number of anilines is 1. The second-order valence-electron chi connectivity index (χ2n) is 8.58. The summed E-state index contributed by atoms with van der Waals surface area (Å²) in [4.78, 5) is 31.3. The van der Waals surface area contributed by atoms with E-state index in [1.54, 1.807) is 11.8 Å². The second kappa shape index (κ2) is 9.60. The number of amides is 2. The summed E-state index contributed by atoms with van der Waals surface area (Å²) >= 11 is 0. The van der Waals surface area contributed by atoms with Crippen molar-refractivity contribution in [3.05, 3.63) is 46.6 Å². The van der Waals surface area contributed by atoms with Crippen LogP contribution in [0.5, 0.6) is 5.88 Å². The van der Waals surface area contributed by atoms with Crippen molar-refractivity contribution in [3.63, 3.8) is 0 Å². The molecule has 2 amide bonds. The van der Waals surface area contributed by atoms with Crippen molar-refractivity contribution < 1.29 is 14.3 Å². The summed E-state index contributed by atoms with van der Waals surface area (Å²) < 4.78 is 7.14. The normalized spacial score (nSPS) is 14.1. The van der Waals surface area contributed by atoms with Gasteiger partial charge in [0.2, 0.25) is 17.7 Å². The van der Waals surface area contributed by atoms with E-state index in [2.05, 4.69) is 10.4 Å². The van der Waals surface area contributed by atoms with Gasteiger partial charge in [-0.15, -0.1) is 5.10 Å². The Morgan fingerprint density at radius 1 is 1.24 bits per heavy atom. The molecule has 1 aliphatic rings. The molecule has 0 aliphatic carbocycles. The van der Waals surface area contributed by atoms with Crippen LogP contribution in [0.2, 0.25) is 0 Å². The first kappa shape index (κ1) is 22.8. The van der Waals surface area contributed by atoms with Crippen molar-refractivity contribution >= 4 is 28.5 Å². The Morgan fingerprint density at radius 3 is 2.82 bits per heavy atom. The van der Waals surface area contributed by atoms with Gasteiger partial charge in [-0.2, -0.15) is 0 Å². The summed E-state index contributed by atoms with van der Waals surface area (Å²) in [6, 6.07) is 7.85. The van der Waals surface area contributed by atoms with Gasteiger partial charge in [-0.05, 0) is 61.9 Å². The number of benzene rings is 1. The van der Waals surface area contributed by atoms with Gasteiger partial charge in [0, 0.05) is 44.4 Å². The van der Waals surface area contributed by atoms with Crippen LogP contribution in [-0.2, 0) is 29.6 Å². The summed E-state index contributed by atoms with van der Waals surface area (Å²) in [5.74, 6) is 0.700. The van der Waals surface area contributed by atoms with E-state index in [1.165, 1.54) is 0 Å². The van der Waals surface area contributed by atoms with Gasteiger partial charge in [0.25, 0.3) is 0 Å². The third-order valence-corrected chi connectivity index (χ3v) is 6.35. The highest BCUT2D eigenvalue weighted by Crippen LogP contribution is 2.30. The highest BCUT2D eigenvalue weighted by atomic mass is 16.5. The molecule has 0 bridgehead atoms. The largest absolute Gasteiger partial charge is 0.479 e. The van der Waals surface area contributed by atoms with Crippen molar-refractivity contribution in [1.29, 1.82) is 0 Å². The maximum absolute atomic E-state index is 12.6. The first-order valence-corrected chi connectivity index (χ1v) is 11.4. The van der Waals surface area contributed by atoms with E-state index in [1.807, 2.05) is 50.1 Å². The summed E-state index contributed by atoms with van der Waals surface area (Å²) in [7, 11) is 3.45. The Labute approximate surface area is 193 Å². The minimum atomic E-state index is -0.0218. The van der Waals surface area contributed by atoms with Crippen LogP contribution >= 0.6 is 0 Å². The Hall–Kier alpha value is -3.42. The monoisotopic (exact) mass is 449 g/mol. The molecular formula is C25H31N5O3. The van der Waals surface area contributed by atoms with Crippen molar-refractivity contribution in [2.75, 3.05) is 18.6 Å². The van der Waals surface area contributed by atoms with E-state index in [-0.39, 0.29) is 11.8 Å². The highest BCUT2D eigenvalue weighted by Gasteiger charge is 2.20. The number of aromatic nitrogens is 3. The first-order chi connectivity index (χ1) is 15.9. The van der Waals surface area contributed by atoms with Crippen LogP contribution in [0, 0.1) is 13.8 Å². The molecule has 174 valence electrons. The third-order valence-electron chi connectivity index (χ3n) is 6.35. The van der Waals surface area contributed by atoms with Gasteiger partial charge in [0.1, 0.15) is 0 Å².